The van der Waals surface area contributed by atoms with Crippen LogP contribution in [0.3, 0.4) is 0 Å². The summed E-state index contributed by atoms with van der Waals surface area (Å²) in [5.41, 5.74) is 4.52. The van der Waals surface area contributed by atoms with Crippen LogP contribution in [-0.4, -0.2) is 11.9 Å². The molecule has 0 aromatic heterocycles. The van der Waals surface area contributed by atoms with E-state index in [0.717, 1.165) is 22.6 Å². The molecule has 0 N–H and O–H groups in total. The van der Waals surface area contributed by atoms with Gasteiger partial charge < -0.3 is 14.4 Å². The average Bonchev–Trinajstić information content (AvgIpc) is 2.77. The van der Waals surface area contributed by atoms with E-state index >= 15 is 0 Å². The number of rotatable bonds is 7. The fourth-order valence-electron chi connectivity index (χ4n) is 2.86. The number of esters is 2. The van der Waals surface area contributed by atoms with Crippen molar-refractivity contribution in [1.82, 2.24) is 0 Å². The molecule has 0 radical (unpaired) electrons. The summed E-state index contributed by atoms with van der Waals surface area (Å²) in [5, 5.41) is 0. The largest absolute Gasteiger partial charge is 0.423 e. The van der Waals surface area contributed by atoms with Gasteiger partial charge in [-0.15, -0.1) is 0 Å². The molecular weight excluding hydrogens is 402 g/mol. The number of carbonyl (C=O) groups excluding carboxylic acids is 2. The van der Waals surface area contributed by atoms with Gasteiger partial charge in [-0.3, -0.25) is 0 Å². The van der Waals surface area contributed by atoms with Gasteiger partial charge in [-0.25, -0.2) is 9.59 Å². The minimum absolute atomic E-state index is 0.336. The Morgan fingerprint density at radius 3 is 1.25 bits per heavy atom. The molecule has 32 heavy (non-hydrogen) atoms. The number of benzene rings is 3. The van der Waals surface area contributed by atoms with Crippen molar-refractivity contribution < 1.29 is 19.1 Å². The van der Waals surface area contributed by atoms with Gasteiger partial charge in [0.15, 0.2) is 0 Å². The predicted molar refractivity (Wildman–Crippen MR) is 127 cm³/mol. The van der Waals surface area contributed by atoms with E-state index in [2.05, 4.69) is 13.2 Å². The van der Waals surface area contributed by atoms with Crippen LogP contribution in [-0.2, 0) is 9.59 Å². The second-order valence-electron chi connectivity index (χ2n) is 7.50. The molecule has 0 bridgehead atoms. The zero-order valence-electron chi connectivity index (χ0n) is 18.4. The summed E-state index contributed by atoms with van der Waals surface area (Å²) >= 11 is 0. The highest BCUT2D eigenvalue weighted by atomic mass is 16.5. The van der Waals surface area contributed by atoms with Crippen LogP contribution in [0.1, 0.15) is 19.4 Å². The molecule has 3 aromatic rings. The molecule has 3 aromatic carbocycles. The minimum Gasteiger partial charge on any atom is -0.423 e. The summed E-state index contributed by atoms with van der Waals surface area (Å²) < 4.78 is 10.6. The summed E-state index contributed by atoms with van der Waals surface area (Å²) in [6.07, 6.45) is 0. The zero-order chi connectivity index (χ0) is 23.3. The van der Waals surface area contributed by atoms with Crippen LogP contribution < -0.4 is 14.4 Å². The van der Waals surface area contributed by atoms with Gasteiger partial charge in [-0.05, 0) is 81.4 Å². The summed E-state index contributed by atoms with van der Waals surface area (Å²) in [5.74, 6) is -0.0543. The Kier molecular flexibility index (Phi) is 6.90. The summed E-state index contributed by atoms with van der Waals surface area (Å²) in [6, 6.07) is 22.6. The van der Waals surface area contributed by atoms with Crippen LogP contribution in [0.2, 0.25) is 0 Å². The SMILES string of the molecule is C=C(C)C(=O)Oc1ccc(N(c2ccc(C)cc2)c2ccc(OC(=O)C(=C)C)cc2)cc1. The number of anilines is 3. The Morgan fingerprint density at radius 1 is 0.625 bits per heavy atom. The first kappa shape index (κ1) is 22.6. The molecule has 0 unspecified atom stereocenters. The molecule has 5 nitrogen and oxygen atoms in total. The van der Waals surface area contributed by atoms with Crippen molar-refractivity contribution in [3.63, 3.8) is 0 Å². The lowest BCUT2D eigenvalue weighted by Crippen LogP contribution is -2.11. The fourth-order valence-corrected chi connectivity index (χ4v) is 2.86. The standard InChI is InChI=1S/C27H25NO4/c1-18(2)26(29)31-24-14-10-22(11-15-24)28(21-8-6-20(5)7-9-21)23-12-16-25(17-13-23)32-27(30)19(3)4/h6-17H,1,3H2,2,4-5H3. The van der Waals surface area contributed by atoms with Gasteiger partial charge in [0.2, 0.25) is 0 Å². The van der Waals surface area contributed by atoms with Gasteiger partial charge in [-0.2, -0.15) is 0 Å². The maximum atomic E-state index is 11.8. The third-order valence-corrected chi connectivity index (χ3v) is 4.60. The van der Waals surface area contributed by atoms with E-state index in [4.69, 9.17) is 9.47 Å². The van der Waals surface area contributed by atoms with E-state index in [1.807, 2.05) is 60.4 Å². The molecule has 0 aliphatic carbocycles. The average molecular weight is 428 g/mol. The molecular formula is C27H25NO4. The van der Waals surface area contributed by atoms with E-state index in [1.165, 1.54) is 0 Å². The zero-order valence-corrected chi connectivity index (χ0v) is 18.4. The van der Waals surface area contributed by atoms with Crippen molar-refractivity contribution in [1.29, 1.82) is 0 Å². The van der Waals surface area contributed by atoms with Crippen molar-refractivity contribution in [3.05, 3.63) is 103 Å². The van der Waals surface area contributed by atoms with E-state index in [0.29, 0.717) is 22.6 Å². The molecule has 0 fully saturated rings. The first-order chi connectivity index (χ1) is 15.2. The molecule has 0 spiro atoms. The van der Waals surface area contributed by atoms with Crippen molar-refractivity contribution in [2.45, 2.75) is 20.8 Å². The molecule has 5 heteroatoms. The molecule has 162 valence electrons. The third-order valence-electron chi connectivity index (χ3n) is 4.60. The van der Waals surface area contributed by atoms with Gasteiger partial charge in [0.25, 0.3) is 0 Å². The van der Waals surface area contributed by atoms with E-state index in [-0.39, 0.29) is 0 Å². The van der Waals surface area contributed by atoms with Gasteiger partial charge in [0.05, 0.1) is 0 Å². The van der Waals surface area contributed by atoms with Gasteiger partial charge >= 0.3 is 11.9 Å². The van der Waals surface area contributed by atoms with Crippen LogP contribution in [0.5, 0.6) is 11.5 Å². The highest BCUT2D eigenvalue weighted by molar-refractivity contribution is 5.89. The summed E-state index contributed by atoms with van der Waals surface area (Å²) in [6.45, 7) is 12.4. The molecule has 0 saturated carbocycles. The Hall–Kier alpha value is -4.12. The van der Waals surface area contributed by atoms with Crippen molar-refractivity contribution in [2.24, 2.45) is 0 Å². The second kappa shape index (κ2) is 9.79. The smallest absolute Gasteiger partial charge is 0.338 e. The van der Waals surface area contributed by atoms with Gasteiger partial charge in [-0.1, -0.05) is 30.9 Å². The molecule has 0 heterocycles. The monoisotopic (exact) mass is 427 g/mol. The van der Waals surface area contributed by atoms with Crippen LogP contribution in [0.25, 0.3) is 0 Å². The van der Waals surface area contributed by atoms with Crippen molar-refractivity contribution in [2.75, 3.05) is 4.90 Å². The molecule has 0 aliphatic heterocycles. The first-order valence-electron chi connectivity index (χ1n) is 10.1. The lowest BCUT2D eigenvalue weighted by atomic mass is 10.1. The van der Waals surface area contributed by atoms with E-state index < -0.39 is 11.9 Å². The predicted octanol–water partition coefficient (Wildman–Crippen LogP) is 6.43. The lowest BCUT2D eigenvalue weighted by molar-refractivity contribution is -0.130. The Balaban J connectivity index is 1.93. The Labute approximate surface area is 188 Å². The van der Waals surface area contributed by atoms with E-state index in [1.54, 1.807) is 38.1 Å². The lowest BCUT2D eigenvalue weighted by Gasteiger charge is -2.26. The number of ether oxygens (including phenoxy) is 2. The second-order valence-corrected chi connectivity index (χ2v) is 7.50. The van der Waals surface area contributed by atoms with E-state index in [9.17, 15) is 9.59 Å². The topological polar surface area (TPSA) is 55.8 Å². The van der Waals surface area contributed by atoms with Gasteiger partial charge in [0.1, 0.15) is 11.5 Å². The maximum Gasteiger partial charge on any atom is 0.338 e. The Morgan fingerprint density at radius 2 is 0.938 bits per heavy atom. The highest BCUT2D eigenvalue weighted by Crippen LogP contribution is 2.36. The molecule has 0 atom stereocenters. The third kappa shape index (κ3) is 5.52. The molecule has 0 saturated heterocycles. The van der Waals surface area contributed by atoms with Crippen LogP contribution in [0.15, 0.2) is 97.1 Å². The molecule has 3 rings (SSSR count). The highest BCUT2D eigenvalue weighted by Gasteiger charge is 2.14. The van der Waals surface area contributed by atoms with Crippen LogP contribution in [0, 0.1) is 6.92 Å². The molecule has 0 amide bonds. The summed E-state index contributed by atoms with van der Waals surface area (Å²) in [7, 11) is 0. The number of carbonyl (C=O) groups is 2. The number of hydrogen-bond donors (Lipinski definition) is 0. The number of nitrogens with zero attached hydrogens (tertiary/aromatic N) is 1. The first-order valence-corrected chi connectivity index (χ1v) is 10.1. The van der Waals surface area contributed by atoms with Crippen LogP contribution >= 0.6 is 0 Å². The van der Waals surface area contributed by atoms with Crippen molar-refractivity contribution in [3.8, 4) is 11.5 Å². The quantitative estimate of drug-likeness (QED) is 0.247. The molecule has 0 aliphatic rings. The normalized spacial score (nSPS) is 10.2. The van der Waals surface area contributed by atoms with Gasteiger partial charge in [0, 0.05) is 28.2 Å². The number of hydrogen-bond acceptors (Lipinski definition) is 5. The minimum atomic E-state index is -0.465. The van der Waals surface area contributed by atoms with Crippen molar-refractivity contribution >= 4 is 29.0 Å². The summed E-state index contributed by atoms with van der Waals surface area (Å²) in [4.78, 5) is 25.6. The number of aryl methyl sites for hydroxylation is 1. The Bertz CT molecular complexity index is 1070. The maximum absolute atomic E-state index is 11.8. The van der Waals surface area contributed by atoms with Crippen LogP contribution in [0.4, 0.5) is 17.1 Å². The fraction of sp³-hybridized carbons (Fsp3) is 0.111.